The highest BCUT2D eigenvalue weighted by atomic mass is 32.2. The first-order chi connectivity index (χ1) is 4.93. The van der Waals surface area contributed by atoms with Crippen molar-refractivity contribution in [1.29, 1.82) is 0 Å². The van der Waals surface area contributed by atoms with E-state index in [2.05, 4.69) is 0 Å². The van der Waals surface area contributed by atoms with Crippen LogP contribution in [-0.4, -0.2) is 42.8 Å². The average Bonchev–Trinajstić information content (AvgIpc) is 1.90. The third kappa shape index (κ3) is 1.85. The van der Waals surface area contributed by atoms with Gasteiger partial charge in [-0.1, -0.05) is 0 Å². The van der Waals surface area contributed by atoms with Crippen LogP contribution in [0, 0.1) is 0 Å². The van der Waals surface area contributed by atoms with Crippen molar-refractivity contribution >= 4 is 10.1 Å². The highest BCUT2D eigenvalue weighted by molar-refractivity contribution is 7.87. The summed E-state index contributed by atoms with van der Waals surface area (Å²) in [5.74, 6) is 0. The van der Waals surface area contributed by atoms with Gasteiger partial charge in [0.05, 0.1) is 6.61 Å². The Morgan fingerprint density at radius 3 is 1.64 bits per heavy atom. The molecule has 7 heteroatoms. The summed E-state index contributed by atoms with van der Waals surface area (Å²) < 4.78 is 49.8. The predicted molar refractivity (Wildman–Crippen MR) is 33.3 cm³/mol. The van der Waals surface area contributed by atoms with Crippen LogP contribution >= 0.6 is 0 Å². The SMILES string of the molecule is O=S(=O)(O)C(CO)(CF)CF. The van der Waals surface area contributed by atoms with Crippen LogP contribution in [0.15, 0.2) is 0 Å². The van der Waals surface area contributed by atoms with Crippen molar-refractivity contribution < 1.29 is 26.9 Å². The number of hydrogen-bond donors (Lipinski definition) is 2. The van der Waals surface area contributed by atoms with Gasteiger partial charge in [-0.2, -0.15) is 8.42 Å². The smallest absolute Gasteiger partial charge is 0.278 e. The molecule has 0 spiro atoms. The first kappa shape index (κ1) is 10.7. The Kier molecular flexibility index (Phi) is 3.33. The van der Waals surface area contributed by atoms with Crippen LogP contribution in [0.25, 0.3) is 0 Å². The Balaban J connectivity index is 4.86. The molecule has 0 heterocycles. The summed E-state index contributed by atoms with van der Waals surface area (Å²) in [7, 11) is -4.88. The van der Waals surface area contributed by atoms with Gasteiger partial charge in [0.1, 0.15) is 13.3 Å². The van der Waals surface area contributed by atoms with Crippen molar-refractivity contribution in [3.63, 3.8) is 0 Å². The Morgan fingerprint density at radius 1 is 1.27 bits per heavy atom. The van der Waals surface area contributed by atoms with E-state index in [1.807, 2.05) is 0 Å². The summed E-state index contributed by atoms with van der Waals surface area (Å²) in [5, 5.41) is 8.29. The molecule has 4 nitrogen and oxygen atoms in total. The molecule has 68 valence electrons. The maximum Gasteiger partial charge on any atom is 0.278 e. The van der Waals surface area contributed by atoms with E-state index in [0.717, 1.165) is 0 Å². The van der Waals surface area contributed by atoms with Gasteiger partial charge in [-0.25, -0.2) is 8.78 Å². The molecule has 0 saturated carbocycles. The minimum absolute atomic E-state index is 1.28. The molecule has 0 aromatic heterocycles. The van der Waals surface area contributed by atoms with Gasteiger partial charge in [-0.3, -0.25) is 4.55 Å². The van der Waals surface area contributed by atoms with Gasteiger partial charge >= 0.3 is 0 Å². The fraction of sp³-hybridized carbons (Fsp3) is 1.00. The molecule has 0 saturated heterocycles. The molecule has 2 N–H and O–H groups in total. The fourth-order valence-corrected chi connectivity index (χ4v) is 0.779. The Morgan fingerprint density at radius 2 is 1.64 bits per heavy atom. The van der Waals surface area contributed by atoms with E-state index >= 15 is 0 Å². The first-order valence-electron chi connectivity index (χ1n) is 2.63. The lowest BCUT2D eigenvalue weighted by Gasteiger charge is -2.20. The van der Waals surface area contributed by atoms with Crippen molar-refractivity contribution in [1.82, 2.24) is 0 Å². The molecular formula is C4H8F2O4S. The normalized spacial score (nSPS) is 13.5. The number of aliphatic hydroxyl groups is 1. The second-order valence-electron chi connectivity index (χ2n) is 2.08. The molecule has 0 amide bonds. The molecule has 0 aliphatic rings. The molecule has 0 bridgehead atoms. The first-order valence-corrected chi connectivity index (χ1v) is 4.07. The van der Waals surface area contributed by atoms with Gasteiger partial charge < -0.3 is 5.11 Å². The molecule has 0 unspecified atom stereocenters. The lowest BCUT2D eigenvalue weighted by atomic mass is 10.2. The molecule has 0 aromatic rings. The summed E-state index contributed by atoms with van der Waals surface area (Å²) in [6, 6.07) is 0. The van der Waals surface area contributed by atoms with Crippen LogP contribution in [0.2, 0.25) is 0 Å². The van der Waals surface area contributed by atoms with Gasteiger partial charge in [0.15, 0.2) is 4.75 Å². The minimum atomic E-state index is -4.88. The molecule has 0 atom stereocenters. The molecule has 0 rings (SSSR count). The molecular weight excluding hydrogens is 182 g/mol. The lowest BCUT2D eigenvalue weighted by molar-refractivity contribution is 0.178. The number of hydrogen-bond acceptors (Lipinski definition) is 3. The molecule has 0 radical (unpaired) electrons. The molecule has 11 heavy (non-hydrogen) atoms. The molecule has 0 aliphatic heterocycles. The van der Waals surface area contributed by atoms with Gasteiger partial charge in [0.25, 0.3) is 10.1 Å². The maximum atomic E-state index is 11.9. The van der Waals surface area contributed by atoms with E-state index in [1.54, 1.807) is 0 Å². The molecule has 0 aromatic carbocycles. The summed E-state index contributed by atoms with van der Waals surface area (Å²) in [5.41, 5.74) is 0. The largest absolute Gasteiger partial charge is 0.394 e. The van der Waals surface area contributed by atoms with E-state index in [9.17, 15) is 17.2 Å². The highest BCUT2D eigenvalue weighted by Crippen LogP contribution is 2.17. The monoisotopic (exact) mass is 190 g/mol. The molecule has 0 aliphatic carbocycles. The zero-order chi connectivity index (χ0) is 9.12. The standard InChI is InChI=1S/C4H8F2O4S/c5-1-4(2-6,3-7)11(8,9)10/h7H,1-3H2,(H,8,9,10). The highest BCUT2D eigenvalue weighted by Gasteiger charge is 2.43. The van der Waals surface area contributed by atoms with Crippen LogP contribution in [-0.2, 0) is 10.1 Å². The Bertz CT molecular complexity index is 200. The maximum absolute atomic E-state index is 11.9. The quantitative estimate of drug-likeness (QED) is 0.588. The van der Waals surface area contributed by atoms with Gasteiger partial charge in [0.2, 0.25) is 0 Å². The predicted octanol–water partition coefficient (Wildman–Crippen LogP) is -0.456. The summed E-state index contributed by atoms with van der Waals surface area (Å²) in [6.45, 7) is -4.59. The van der Waals surface area contributed by atoms with Gasteiger partial charge in [-0.05, 0) is 0 Å². The van der Waals surface area contributed by atoms with Crippen LogP contribution in [0.1, 0.15) is 0 Å². The number of halogens is 2. The van der Waals surface area contributed by atoms with Crippen LogP contribution < -0.4 is 0 Å². The van der Waals surface area contributed by atoms with E-state index in [-0.39, 0.29) is 0 Å². The Labute approximate surface area is 62.6 Å². The van der Waals surface area contributed by atoms with E-state index in [1.165, 1.54) is 0 Å². The topological polar surface area (TPSA) is 74.6 Å². The second kappa shape index (κ2) is 3.42. The van der Waals surface area contributed by atoms with Crippen molar-refractivity contribution in [2.75, 3.05) is 20.0 Å². The third-order valence-corrected chi connectivity index (χ3v) is 2.76. The van der Waals surface area contributed by atoms with Crippen molar-refractivity contribution in [3.05, 3.63) is 0 Å². The number of rotatable bonds is 4. The number of aliphatic hydroxyl groups excluding tert-OH is 1. The van der Waals surface area contributed by atoms with Gasteiger partial charge in [-0.15, -0.1) is 0 Å². The second-order valence-corrected chi connectivity index (χ2v) is 3.90. The Hall–Kier alpha value is -0.270. The lowest BCUT2D eigenvalue weighted by Crippen LogP contribution is -2.46. The van der Waals surface area contributed by atoms with Crippen LogP contribution in [0.3, 0.4) is 0 Å². The third-order valence-electron chi connectivity index (χ3n) is 1.32. The minimum Gasteiger partial charge on any atom is -0.394 e. The fourth-order valence-electron chi connectivity index (χ4n) is 0.340. The van der Waals surface area contributed by atoms with Crippen molar-refractivity contribution in [2.45, 2.75) is 4.75 Å². The summed E-state index contributed by atoms with van der Waals surface area (Å²) in [6.07, 6.45) is 0. The average molecular weight is 190 g/mol. The number of alkyl halides is 2. The zero-order valence-corrected chi connectivity index (χ0v) is 6.31. The van der Waals surface area contributed by atoms with E-state index in [0.29, 0.717) is 0 Å². The van der Waals surface area contributed by atoms with Crippen molar-refractivity contribution in [2.24, 2.45) is 0 Å². The van der Waals surface area contributed by atoms with Crippen LogP contribution in [0.5, 0.6) is 0 Å². The summed E-state index contributed by atoms with van der Waals surface area (Å²) in [4.78, 5) is 0. The van der Waals surface area contributed by atoms with E-state index in [4.69, 9.17) is 9.66 Å². The zero-order valence-electron chi connectivity index (χ0n) is 5.50. The van der Waals surface area contributed by atoms with E-state index < -0.39 is 34.8 Å². The molecule has 0 fully saturated rings. The van der Waals surface area contributed by atoms with Crippen LogP contribution in [0.4, 0.5) is 8.78 Å². The summed E-state index contributed by atoms with van der Waals surface area (Å²) >= 11 is 0. The van der Waals surface area contributed by atoms with Gasteiger partial charge in [0, 0.05) is 0 Å². The van der Waals surface area contributed by atoms with Crippen molar-refractivity contribution in [3.8, 4) is 0 Å².